The molecular weight excluding hydrogens is 439 g/mol. The number of piperidine rings is 1. The van der Waals surface area contributed by atoms with E-state index in [0.29, 0.717) is 25.3 Å². The summed E-state index contributed by atoms with van der Waals surface area (Å²) in [5.74, 6) is -1.41. The summed E-state index contributed by atoms with van der Waals surface area (Å²) in [6.45, 7) is 5.73. The number of piperazine rings is 1. The molecule has 0 aromatic heterocycles. The quantitative estimate of drug-likeness (QED) is 0.669. The van der Waals surface area contributed by atoms with Crippen LogP contribution in [0.15, 0.2) is 30.3 Å². The zero-order valence-corrected chi connectivity index (χ0v) is 19.0. The summed E-state index contributed by atoms with van der Waals surface area (Å²) in [5, 5.41) is 12.2. The van der Waals surface area contributed by atoms with Crippen molar-refractivity contribution in [3.05, 3.63) is 58.4 Å². The lowest BCUT2D eigenvalue weighted by molar-refractivity contribution is -0.136. The van der Waals surface area contributed by atoms with Crippen molar-refractivity contribution in [3.8, 4) is 5.75 Å². The van der Waals surface area contributed by atoms with Gasteiger partial charge in [-0.3, -0.25) is 24.6 Å². The summed E-state index contributed by atoms with van der Waals surface area (Å²) < 4.78 is 14.5. The summed E-state index contributed by atoms with van der Waals surface area (Å²) >= 11 is 0. The molecular formula is C25H27FN4O4. The van der Waals surface area contributed by atoms with Gasteiger partial charge < -0.3 is 14.9 Å². The number of aryl methyl sites for hydroxylation is 1. The highest BCUT2D eigenvalue weighted by Crippen LogP contribution is 2.35. The molecule has 3 heterocycles. The predicted octanol–water partition coefficient (Wildman–Crippen LogP) is 1.92. The van der Waals surface area contributed by atoms with Gasteiger partial charge in [0.1, 0.15) is 17.6 Å². The average molecular weight is 467 g/mol. The molecule has 2 aromatic rings. The van der Waals surface area contributed by atoms with E-state index in [0.717, 1.165) is 29.8 Å². The number of nitrogens with zero attached hydrogens (tertiary/aromatic N) is 3. The molecule has 0 bridgehead atoms. The van der Waals surface area contributed by atoms with E-state index in [4.69, 9.17) is 0 Å². The lowest BCUT2D eigenvalue weighted by Crippen LogP contribution is -2.52. The van der Waals surface area contributed by atoms with Crippen LogP contribution in [0.5, 0.6) is 5.75 Å². The van der Waals surface area contributed by atoms with Gasteiger partial charge in [-0.15, -0.1) is 0 Å². The van der Waals surface area contributed by atoms with Gasteiger partial charge in [0.05, 0.1) is 0 Å². The van der Waals surface area contributed by atoms with Crippen molar-refractivity contribution in [2.24, 2.45) is 0 Å². The smallest absolute Gasteiger partial charge is 0.255 e. The van der Waals surface area contributed by atoms with Gasteiger partial charge in [-0.05, 0) is 48.7 Å². The number of nitrogens with one attached hydrogen (secondary N) is 1. The Bertz CT molecular complexity index is 1160. The first kappa shape index (κ1) is 22.3. The number of aromatic hydroxyl groups is 1. The second-order valence-electron chi connectivity index (χ2n) is 9.29. The van der Waals surface area contributed by atoms with E-state index in [9.17, 15) is 23.9 Å². The molecule has 1 unspecified atom stereocenters. The molecule has 3 aliphatic rings. The van der Waals surface area contributed by atoms with Crippen molar-refractivity contribution in [3.63, 3.8) is 0 Å². The molecule has 0 aliphatic carbocycles. The minimum absolute atomic E-state index is 0.179. The predicted molar refractivity (Wildman–Crippen MR) is 123 cm³/mol. The Labute approximate surface area is 196 Å². The monoisotopic (exact) mass is 466 g/mol. The van der Waals surface area contributed by atoms with Crippen LogP contribution < -0.4 is 10.2 Å². The molecule has 2 saturated heterocycles. The minimum atomic E-state index is -0.726. The lowest BCUT2D eigenvalue weighted by atomic mass is 10.0. The molecule has 34 heavy (non-hydrogen) atoms. The van der Waals surface area contributed by atoms with Crippen LogP contribution in [-0.2, 0) is 22.7 Å². The molecule has 2 fully saturated rings. The van der Waals surface area contributed by atoms with Crippen LogP contribution in [0, 0.1) is 12.7 Å². The summed E-state index contributed by atoms with van der Waals surface area (Å²) in [5.41, 5.74) is 3.76. The van der Waals surface area contributed by atoms with Crippen molar-refractivity contribution >= 4 is 23.4 Å². The number of rotatable bonds is 4. The molecule has 0 radical (unpaired) electrons. The summed E-state index contributed by atoms with van der Waals surface area (Å²) in [6.07, 6.45) is 0.452. The molecule has 8 nitrogen and oxygen atoms in total. The Morgan fingerprint density at radius 2 is 1.82 bits per heavy atom. The second-order valence-corrected chi connectivity index (χ2v) is 9.29. The Hall–Kier alpha value is -3.46. The number of imide groups is 1. The number of carbonyl (C=O) groups excluding carboxylic acids is 3. The van der Waals surface area contributed by atoms with Crippen molar-refractivity contribution < 1.29 is 23.9 Å². The van der Waals surface area contributed by atoms with Crippen molar-refractivity contribution in [2.45, 2.75) is 38.9 Å². The number of halogens is 1. The van der Waals surface area contributed by atoms with E-state index in [1.54, 1.807) is 12.1 Å². The highest BCUT2D eigenvalue weighted by atomic mass is 19.1. The standard InChI is InChI=1S/C25H27FN4O4/c1-15-8-16(10-18(31)9-15)13-28-4-6-29(7-5-28)22-12-17(26)11-19-20(22)14-30(25(19)34)21-2-3-23(32)27-24(21)33/h8-12,21,31H,2-7,13-14H2,1H3,(H,27,32,33). The van der Waals surface area contributed by atoms with Crippen LogP contribution >= 0.6 is 0 Å². The number of fused-ring (bicyclic) bond motifs is 1. The number of hydrogen-bond donors (Lipinski definition) is 2. The molecule has 2 N–H and O–H groups in total. The third kappa shape index (κ3) is 4.23. The summed E-state index contributed by atoms with van der Waals surface area (Å²) in [6, 6.07) is 7.54. The molecule has 2 aromatic carbocycles. The molecule has 5 rings (SSSR count). The highest BCUT2D eigenvalue weighted by Gasteiger charge is 2.41. The van der Waals surface area contributed by atoms with Gasteiger partial charge in [0.15, 0.2) is 0 Å². The van der Waals surface area contributed by atoms with Crippen LogP contribution in [0.1, 0.15) is 39.9 Å². The van der Waals surface area contributed by atoms with E-state index in [-0.39, 0.29) is 42.5 Å². The van der Waals surface area contributed by atoms with Gasteiger partial charge in [-0.25, -0.2) is 4.39 Å². The van der Waals surface area contributed by atoms with Gasteiger partial charge in [-0.2, -0.15) is 0 Å². The molecule has 0 saturated carbocycles. The van der Waals surface area contributed by atoms with Crippen LogP contribution in [0.3, 0.4) is 0 Å². The first-order chi connectivity index (χ1) is 16.3. The Kier molecular flexibility index (Phi) is 5.73. The van der Waals surface area contributed by atoms with Gasteiger partial charge >= 0.3 is 0 Å². The van der Waals surface area contributed by atoms with Crippen LogP contribution in [0.2, 0.25) is 0 Å². The molecule has 178 valence electrons. The average Bonchev–Trinajstić information content (AvgIpc) is 3.09. The zero-order chi connectivity index (χ0) is 24.0. The van der Waals surface area contributed by atoms with E-state index < -0.39 is 17.8 Å². The first-order valence-electron chi connectivity index (χ1n) is 11.5. The number of amides is 3. The normalized spacial score (nSPS) is 21.1. The van der Waals surface area contributed by atoms with Crippen molar-refractivity contribution in [1.82, 2.24) is 15.1 Å². The number of carbonyl (C=O) groups is 3. The Balaban J connectivity index is 1.31. The maximum Gasteiger partial charge on any atom is 0.255 e. The lowest BCUT2D eigenvalue weighted by Gasteiger charge is -2.37. The first-order valence-corrected chi connectivity index (χ1v) is 11.5. The topological polar surface area (TPSA) is 93.2 Å². The number of hydrogen-bond acceptors (Lipinski definition) is 6. The molecule has 3 aliphatic heterocycles. The molecule has 3 amide bonds. The fraction of sp³-hybridized carbons (Fsp3) is 0.400. The van der Waals surface area contributed by atoms with Crippen LogP contribution in [-0.4, -0.2) is 64.8 Å². The minimum Gasteiger partial charge on any atom is -0.508 e. The van der Waals surface area contributed by atoms with Gasteiger partial charge in [0, 0.05) is 62.5 Å². The van der Waals surface area contributed by atoms with E-state index in [2.05, 4.69) is 21.2 Å². The Morgan fingerprint density at radius 3 is 2.53 bits per heavy atom. The number of phenols is 1. The fourth-order valence-electron chi connectivity index (χ4n) is 5.23. The molecule has 9 heteroatoms. The summed E-state index contributed by atoms with van der Waals surface area (Å²) in [7, 11) is 0. The maximum atomic E-state index is 14.5. The highest BCUT2D eigenvalue weighted by molar-refractivity contribution is 6.06. The number of anilines is 1. The van der Waals surface area contributed by atoms with Crippen molar-refractivity contribution in [1.29, 1.82) is 0 Å². The van der Waals surface area contributed by atoms with Gasteiger partial charge in [0.25, 0.3) is 5.91 Å². The zero-order valence-electron chi connectivity index (χ0n) is 19.0. The van der Waals surface area contributed by atoms with Gasteiger partial charge in [-0.1, -0.05) is 6.07 Å². The number of phenolic OH excluding ortho intramolecular Hbond substituents is 1. The van der Waals surface area contributed by atoms with E-state index in [1.807, 2.05) is 6.92 Å². The Morgan fingerprint density at radius 1 is 1.06 bits per heavy atom. The van der Waals surface area contributed by atoms with Crippen LogP contribution in [0.25, 0.3) is 0 Å². The molecule has 1 atom stereocenters. The molecule has 0 spiro atoms. The summed E-state index contributed by atoms with van der Waals surface area (Å²) in [4.78, 5) is 42.7. The largest absolute Gasteiger partial charge is 0.508 e. The fourth-order valence-corrected chi connectivity index (χ4v) is 5.23. The van der Waals surface area contributed by atoms with E-state index in [1.165, 1.54) is 17.0 Å². The maximum absolute atomic E-state index is 14.5. The third-order valence-electron chi connectivity index (χ3n) is 6.84. The second kappa shape index (κ2) is 8.72. The van der Waals surface area contributed by atoms with E-state index >= 15 is 0 Å². The van der Waals surface area contributed by atoms with Crippen molar-refractivity contribution in [2.75, 3.05) is 31.1 Å². The SMILES string of the molecule is Cc1cc(O)cc(CN2CCN(c3cc(F)cc4c3CN(C3CCC(=O)NC3=O)C4=O)CC2)c1. The van der Waals surface area contributed by atoms with Crippen LogP contribution in [0.4, 0.5) is 10.1 Å². The van der Waals surface area contributed by atoms with Gasteiger partial charge in [0.2, 0.25) is 11.8 Å². The third-order valence-corrected chi connectivity index (χ3v) is 6.84. The number of benzene rings is 2.